The minimum Gasteiger partial charge on any atom is -0.492 e. The molecule has 0 aliphatic rings. The molecule has 0 atom stereocenters. The van der Waals surface area contributed by atoms with Gasteiger partial charge in [0.2, 0.25) is 0 Å². The van der Waals surface area contributed by atoms with E-state index in [4.69, 9.17) is 21.4 Å². The van der Waals surface area contributed by atoms with Crippen molar-refractivity contribution in [3.8, 4) is 5.75 Å². The van der Waals surface area contributed by atoms with Gasteiger partial charge in [0, 0.05) is 5.56 Å². The summed E-state index contributed by atoms with van der Waals surface area (Å²) >= 11 is 5.95. The molecular formula is C11H15ClO2. The first-order valence-electron chi connectivity index (χ1n) is 4.80. The van der Waals surface area contributed by atoms with Crippen LogP contribution in [0.2, 0.25) is 5.02 Å². The Morgan fingerprint density at radius 3 is 2.86 bits per heavy atom. The van der Waals surface area contributed by atoms with E-state index in [0.717, 1.165) is 18.4 Å². The molecule has 1 aromatic carbocycles. The third-order valence-electron chi connectivity index (χ3n) is 1.96. The van der Waals surface area contributed by atoms with Crippen LogP contribution in [0, 0.1) is 0 Å². The Bertz CT molecular complexity index is 287. The molecule has 0 bridgehead atoms. The Morgan fingerprint density at radius 1 is 1.43 bits per heavy atom. The van der Waals surface area contributed by atoms with E-state index < -0.39 is 0 Å². The van der Waals surface area contributed by atoms with Crippen LogP contribution in [0.5, 0.6) is 5.75 Å². The predicted octanol–water partition coefficient (Wildman–Crippen LogP) is 3.01. The normalized spacial score (nSPS) is 10.2. The van der Waals surface area contributed by atoms with Crippen LogP contribution in [0.25, 0.3) is 0 Å². The summed E-state index contributed by atoms with van der Waals surface area (Å²) in [5, 5.41) is 9.62. The van der Waals surface area contributed by atoms with E-state index in [0.29, 0.717) is 17.4 Å². The number of ether oxygens (including phenoxy) is 1. The average Bonchev–Trinajstić information content (AvgIpc) is 2.20. The van der Waals surface area contributed by atoms with Crippen LogP contribution >= 0.6 is 11.6 Å². The summed E-state index contributed by atoms with van der Waals surface area (Å²) in [6.07, 6.45) is 2.08. The quantitative estimate of drug-likeness (QED) is 0.764. The van der Waals surface area contributed by atoms with Gasteiger partial charge in [0.05, 0.1) is 18.2 Å². The van der Waals surface area contributed by atoms with E-state index in [1.54, 1.807) is 12.1 Å². The maximum atomic E-state index is 9.06. The van der Waals surface area contributed by atoms with Crippen LogP contribution in [0.4, 0.5) is 0 Å². The van der Waals surface area contributed by atoms with Gasteiger partial charge in [-0.05, 0) is 12.5 Å². The summed E-state index contributed by atoms with van der Waals surface area (Å²) in [5.41, 5.74) is 0.744. The molecule has 0 saturated heterocycles. The molecule has 3 heteroatoms. The van der Waals surface area contributed by atoms with Crippen LogP contribution in [-0.2, 0) is 6.61 Å². The van der Waals surface area contributed by atoms with Gasteiger partial charge < -0.3 is 9.84 Å². The van der Waals surface area contributed by atoms with Crippen molar-refractivity contribution in [3.63, 3.8) is 0 Å². The SMILES string of the molecule is CCCCOc1c(Cl)cccc1CO. The lowest BCUT2D eigenvalue weighted by Crippen LogP contribution is -2.00. The van der Waals surface area contributed by atoms with Gasteiger partial charge in [-0.15, -0.1) is 0 Å². The maximum Gasteiger partial charge on any atom is 0.143 e. The molecule has 0 heterocycles. The zero-order valence-electron chi connectivity index (χ0n) is 8.29. The van der Waals surface area contributed by atoms with Gasteiger partial charge >= 0.3 is 0 Å². The number of hydrogen-bond donors (Lipinski definition) is 1. The molecule has 2 nitrogen and oxygen atoms in total. The first kappa shape index (κ1) is 11.3. The number of para-hydroxylation sites is 1. The topological polar surface area (TPSA) is 29.5 Å². The second-order valence-corrected chi connectivity index (χ2v) is 3.50. The minimum atomic E-state index is -0.0397. The number of benzene rings is 1. The van der Waals surface area contributed by atoms with E-state index in [9.17, 15) is 0 Å². The lowest BCUT2D eigenvalue weighted by Gasteiger charge is -2.10. The van der Waals surface area contributed by atoms with Gasteiger partial charge in [0.15, 0.2) is 0 Å². The molecule has 0 fully saturated rings. The summed E-state index contributed by atoms with van der Waals surface area (Å²) in [7, 11) is 0. The zero-order valence-corrected chi connectivity index (χ0v) is 9.05. The Hall–Kier alpha value is -0.730. The van der Waals surface area contributed by atoms with Crippen molar-refractivity contribution >= 4 is 11.6 Å². The van der Waals surface area contributed by atoms with Gasteiger partial charge in [-0.1, -0.05) is 37.1 Å². The second-order valence-electron chi connectivity index (χ2n) is 3.09. The summed E-state index contributed by atoms with van der Waals surface area (Å²) < 4.78 is 5.51. The summed E-state index contributed by atoms with van der Waals surface area (Å²) in [4.78, 5) is 0. The minimum absolute atomic E-state index is 0.0397. The molecule has 0 saturated carbocycles. The monoisotopic (exact) mass is 214 g/mol. The molecule has 0 amide bonds. The average molecular weight is 215 g/mol. The first-order valence-corrected chi connectivity index (χ1v) is 5.18. The first-order chi connectivity index (χ1) is 6.79. The molecule has 0 unspecified atom stereocenters. The second kappa shape index (κ2) is 5.89. The smallest absolute Gasteiger partial charge is 0.143 e. The van der Waals surface area contributed by atoms with Crippen molar-refractivity contribution in [2.75, 3.05) is 6.61 Å². The van der Waals surface area contributed by atoms with E-state index >= 15 is 0 Å². The molecular weight excluding hydrogens is 200 g/mol. The lowest BCUT2D eigenvalue weighted by atomic mass is 10.2. The largest absolute Gasteiger partial charge is 0.492 e. The van der Waals surface area contributed by atoms with Crippen LogP contribution in [0.15, 0.2) is 18.2 Å². The fourth-order valence-electron chi connectivity index (χ4n) is 1.16. The molecule has 0 radical (unpaired) electrons. The maximum absolute atomic E-state index is 9.06. The van der Waals surface area contributed by atoms with E-state index in [2.05, 4.69) is 6.92 Å². The van der Waals surface area contributed by atoms with Crippen LogP contribution in [0.3, 0.4) is 0 Å². The number of rotatable bonds is 5. The van der Waals surface area contributed by atoms with Crippen LogP contribution < -0.4 is 4.74 Å². The van der Waals surface area contributed by atoms with Crippen molar-refractivity contribution in [1.29, 1.82) is 0 Å². The van der Waals surface area contributed by atoms with Gasteiger partial charge in [-0.25, -0.2) is 0 Å². The van der Waals surface area contributed by atoms with Crippen molar-refractivity contribution in [2.45, 2.75) is 26.4 Å². The molecule has 0 aliphatic carbocycles. The van der Waals surface area contributed by atoms with E-state index in [1.807, 2.05) is 6.07 Å². The summed E-state index contributed by atoms with van der Waals surface area (Å²) in [5.74, 6) is 0.616. The summed E-state index contributed by atoms with van der Waals surface area (Å²) in [6, 6.07) is 5.38. The standard InChI is InChI=1S/C11H15ClO2/c1-2-3-7-14-11-9(8-13)5-4-6-10(11)12/h4-6,13H,2-3,7-8H2,1H3. The summed E-state index contributed by atoms with van der Waals surface area (Å²) in [6.45, 7) is 2.71. The lowest BCUT2D eigenvalue weighted by molar-refractivity contribution is 0.261. The van der Waals surface area contributed by atoms with Gasteiger partial charge in [-0.3, -0.25) is 0 Å². The number of halogens is 1. The number of aliphatic hydroxyl groups is 1. The van der Waals surface area contributed by atoms with Gasteiger partial charge in [0.1, 0.15) is 5.75 Å². The number of hydrogen-bond acceptors (Lipinski definition) is 2. The van der Waals surface area contributed by atoms with Gasteiger partial charge in [-0.2, -0.15) is 0 Å². The Morgan fingerprint density at radius 2 is 2.21 bits per heavy atom. The molecule has 1 aromatic rings. The Labute approximate surface area is 89.5 Å². The van der Waals surface area contributed by atoms with E-state index in [1.165, 1.54) is 0 Å². The molecule has 1 N–H and O–H groups in total. The van der Waals surface area contributed by atoms with Crippen molar-refractivity contribution in [1.82, 2.24) is 0 Å². The van der Waals surface area contributed by atoms with Crippen molar-refractivity contribution in [2.24, 2.45) is 0 Å². The molecule has 14 heavy (non-hydrogen) atoms. The zero-order chi connectivity index (χ0) is 10.4. The fourth-order valence-corrected chi connectivity index (χ4v) is 1.41. The fraction of sp³-hybridized carbons (Fsp3) is 0.455. The molecule has 78 valence electrons. The number of aliphatic hydroxyl groups excluding tert-OH is 1. The predicted molar refractivity (Wildman–Crippen MR) is 57.8 cm³/mol. The van der Waals surface area contributed by atoms with Crippen molar-refractivity contribution in [3.05, 3.63) is 28.8 Å². The van der Waals surface area contributed by atoms with Crippen LogP contribution in [0.1, 0.15) is 25.3 Å². The van der Waals surface area contributed by atoms with Crippen LogP contribution in [-0.4, -0.2) is 11.7 Å². The molecule has 0 spiro atoms. The third kappa shape index (κ3) is 2.89. The number of unbranched alkanes of at least 4 members (excludes halogenated alkanes) is 1. The highest BCUT2D eigenvalue weighted by atomic mass is 35.5. The van der Waals surface area contributed by atoms with E-state index in [-0.39, 0.29) is 6.61 Å². The Kier molecular flexibility index (Phi) is 4.77. The molecule has 1 rings (SSSR count). The highest BCUT2D eigenvalue weighted by Crippen LogP contribution is 2.28. The van der Waals surface area contributed by atoms with Gasteiger partial charge in [0.25, 0.3) is 0 Å². The van der Waals surface area contributed by atoms with Crippen molar-refractivity contribution < 1.29 is 9.84 Å². The Balaban J connectivity index is 2.72. The molecule has 0 aromatic heterocycles. The highest BCUT2D eigenvalue weighted by molar-refractivity contribution is 6.32. The molecule has 0 aliphatic heterocycles. The highest BCUT2D eigenvalue weighted by Gasteiger charge is 2.06. The third-order valence-corrected chi connectivity index (χ3v) is 2.26.